The van der Waals surface area contributed by atoms with Gasteiger partial charge in [0.15, 0.2) is 0 Å². The molecule has 8 heteroatoms. The molecular weight excluding hydrogens is 367 g/mol. The lowest BCUT2D eigenvalue weighted by Crippen LogP contribution is -2.40. The van der Waals surface area contributed by atoms with E-state index in [0.717, 1.165) is 0 Å². The maximum atomic E-state index is 12.8. The molecule has 0 fully saturated rings. The molecule has 0 atom stereocenters. The van der Waals surface area contributed by atoms with Crippen molar-refractivity contribution < 1.29 is 19.4 Å². The molecule has 1 rings (SSSR count). The summed E-state index contributed by atoms with van der Waals surface area (Å²) in [7, 11) is -11.5. The first-order chi connectivity index (χ1) is 10.0. The van der Waals surface area contributed by atoms with Gasteiger partial charge in [0, 0.05) is 4.90 Å². The van der Waals surface area contributed by atoms with Gasteiger partial charge in [-0.3, -0.25) is 0 Å². The van der Waals surface area contributed by atoms with Gasteiger partial charge in [0.05, 0.1) is 0 Å². The van der Waals surface area contributed by atoms with Gasteiger partial charge in [-0.1, -0.05) is 61.0 Å². The van der Waals surface area contributed by atoms with Crippen molar-refractivity contribution in [1.82, 2.24) is 0 Å². The normalized spacial score (nSPS) is 16.8. The van der Waals surface area contributed by atoms with Gasteiger partial charge in [-0.05, 0) is 40.9 Å². The summed E-state index contributed by atoms with van der Waals surface area (Å²) in [5.74, 6) is 0. The van der Waals surface area contributed by atoms with Crippen LogP contribution in [0.25, 0.3) is 0 Å². The lowest BCUT2D eigenvalue weighted by molar-refractivity contribution is 0.364. The Balaban J connectivity index is 3.24. The first-order valence-corrected chi connectivity index (χ1v) is 13.3. The van der Waals surface area contributed by atoms with E-state index in [9.17, 15) is 19.4 Å². The second-order valence-electron chi connectivity index (χ2n) is 6.86. The van der Waals surface area contributed by atoms with Crippen LogP contribution in [0.1, 0.15) is 41.5 Å². The molecule has 1 aromatic rings. The minimum absolute atomic E-state index is 0.419. The average Bonchev–Trinajstić information content (AvgIpc) is 2.32. The summed E-state index contributed by atoms with van der Waals surface area (Å²) in [4.78, 5) is -1.18. The average molecular weight is 393 g/mol. The quantitative estimate of drug-likeness (QED) is 0.345. The van der Waals surface area contributed by atoms with Gasteiger partial charge in [0.25, 0.3) is 0 Å². The highest BCUT2D eigenvalue weighted by atomic mass is 32.5. The Bertz CT molecular complexity index is 527. The van der Waals surface area contributed by atoms with E-state index >= 15 is 0 Å². The molecular formula is C15H25F5S2Si. The van der Waals surface area contributed by atoms with Crippen LogP contribution in [-0.4, -0.2) is 7.22 Å². The highest BCUT2D eigenvalue weighted by Gasteiger charge is 2.65. The van der Waals surface area contributed by atoms with Crippen molar-refractivity contribution in [2.75, 3.05) is 0 Å². The Hall–Kier alpha value is -0.213. The fourth-order valence-corrected chi connectivity index (χ4v) is 13.1. The van der Waals surface area contributed by atoms with E-state index in [1.54, 1.807) is 11.2 Å². The molecule has 0 N–H and O–H groups in total. The lowest BCUT2D eigenvalue weighted by Gasteiger charge is -2.43. The van der Waals surface area contributed by atoms with Crippen LogP contribution in [0.4, 0.5) is 19.4 Å². The third kappa shape index (κ3) is 4.66. The van der Waals surface area contributed by atoms with Gasteiger partial charge >= 0.3 is 10.2 Å². The summed E-state index contributed by atoms with van der Waals surface area (Å²) in [5, 5.41) is 0. The second kappa shape index (κ2) is 5.66. The molecule has 0 radical (unpaired) electrons. The summed E-state index contributed by atoms with van der Waals surface area (Å²) >= 11 is 1.62. The summed E-state index contributed by atoms with van der Waals surface area (Å²) in [6.07, 6.45) is 0. The molecule has 0 saturated heterocycles. The Labute approximate surface area is 140 Å². The van der Waals surface area contributed by atoms with Gasteiger partial charge in [0.2, 0.25) is 0 Å². The molecule has 0 spiro atoms. The number of rotatable bonds is 6. The molecule has 0 unspecified atom stereocenters. The number of hydrogen-bond donors (Lipinski definition) is 0. The van der Waals surface area contributed by atoms with Crippen molar-refractivity contribution in [3.8, 4) is 0 Å². The largest absolute Gasteiger partial charge is 0.310 e. The van der Waals surface area contributed by atoms with Gasteiger partial charge < -0.3 is 0 Å². The van der Waals surface area contributed by atoms with E-state index in [1.807, 2.05) is 0 Å². The third-order valence-corrected chi connectivity index (χ3v) is 17.7. The fraction of sp³-hybridized carbons (Fsp3) is 0.600. The highest BCUT2D eigenvalue weighted by molar-refractivity contribution is 8.45. The van der Waals surface area contributed by atoms with Crippen molar-refractivity contribution in [1.29, 1.82) is 0 Å². The van der Waals surface area contributed by atoms with Crippen LogP contribution >= 0.6 is 21.4 Å². The van der Waals surface area contributed by atoms with E-state index in [2.05, 4.69) is 41.5 Å². The number of hydrogen-bond acceptors (Lipinski definition) is 1. The van der Waals surface area contributed by atoms with Crippen LogP contribution in [0, 0.1) is 0 Å². The molecule has 0 bridgehead atoms. The molecule has 0 aliphatic heterocycles. The topological polar surface area (TPSA) is 0 Å². The Kier molecular flexibility index (Phi) is 5.13. The third-order valence-electron chi connectivity index (χ3n) is 4.27. The minimum Gasteiger partial charge on any atom is -0.150 e. The SMILES string of the molecule is CC(C)[Si](Sc1ccc(S(F)(F)(F)(F)F)cc1)(C(C)C)C(C)C. The van der Waals surface area contributed by atoms with Crippen LogP contribution in [-0.2, 0) is 0 Å². The summed E-state index contributed by atoms with van der Waals surface area (Å²) in [5.41, 5.74) is 1.26. The standard InChI is InChI=1S/C15H25F5S2Si/c1-11(2)23(12(3)4,13(5)6)21-14-7-9-15(10-8-14)22(16,17,18,19)20/h7-13H,1-6H3. The Morgan fingerprint density at radius 3 is 1.35 bits per heavy atom. The van der Waals surface area contributed by atoms with Crippen LogP contribution in [0.15, 0.2) is 34.1 Å². The molecule has 0 nitrogen and oxygen atoms in total. The second-order valence-corrected chi connectivity index (χ2v) is 17.8. The van der Waals surface area contributed by atoms with Gasteiger partial charge in [-0.15, -0.1) is 0 Å². The summed E-state index contributed by atoms with van der Waals surface area (Å²) in [6.45, 7) is 12.8. The predicted octanol–water partition coefficient (Wildman–Crippen LogP) is 8.61. The van der Waals surface area contributed by atoms with Gasteiger partial charge in [0.1, 0.15) is 12.1 Å². The molecule has 23 heavy (non-hydrogen) atoms. The molecule has 0 amide bonds. The van der Waals surface area contributed by atoms with Crippen LogP contribution in [0.2, 0.25) is 16.6 Å². The molecule has 0 saturated carbocycles. The first kappa shape index (κ1) is 20.8. The maximum Gasteiger partial charge on any atom is 0.310 e. The van der Waals surface area contributed by atoms with E-state index < -0.39 is 22.3 Å². The van der Waals surface area contributed by atoms with Crippen molar-refractivity contribution >= 4 is 28.7 Å². The van der Waals surface area contributed by atoms with Crippen molar-refractivity contribution in [2.24, 2.45) is 0 Å². The number of benzene rings is 1. The van der Waals surface area contributed by atoms with E-state index in [-0.39, 0.29) is 0 Å². The zero-order valence-electron chi connectivity index (χ0n) is 14.2. The summed E-state index contributed by atoms with van der Waals surface area (Å²) in [6, 6.07) is 3.41. The van der Waals surface area contributed by atoms with Crippen molar-refractivity contribution in [3.63, 3.8) is 0 Å². The smallest absolute Gasteiger partial charge is 0.150 e. The van der Waals surface area contributed by atoms with Crippen LogP contribution in [0.3, 0.4) is 0 Å². The van der Waals surface area contributed by atoms with Crippen LogP contribution in [0.5, 0.6) is 0 Å². The Morgan fingerprint density at radius 2 is 1.09 bits per heavy atom. The molecule has 0 aliphatic carbocycles. The molecule has 0 aliphatic rings. The predicted molar refractivity (Wildman–Crippen MR) is 94.7 cm³/mol. The van der Waals surface area contributed by atoms with E-state index in [4.69, 9.17) is 0 Å². The summed E-state index contributed by atoms with van der Waals surface area (Å²) < 4.78 is 64.0. The lowest BCUT2D eigenvalue weighted by atomic mass is 10.4. The zero-order chi connectivity index (χ0) is 18.3. The minimum atomic E-state index is -9.59. The monoisotopic (exact) mass is 392 g/mol. The number of halogens is 5. The van der Waals surface area contributed by atoms with E-state index in [0.29, 0.717) is 33.7 Å². The molecule has 136 valence electrons. The van der Waals surface area contributed by atoms with Crippen molar-refractivity contribution in [2.45, 2.75) is 68.0 Å². The van der Waals surface area contributed by atoms with Crippen LogP contribution < -0.4 is 0 Å². The fourth-order valence-electron chi connectivity index (χ4n) is 3.32. The molecule has 0 aromatic heterocycles. The first-order valence-electron chi connectivity index (χ1n) is 7.54. The van der Waals surface area contributed by atoms with E-state index in [1.165, 1.54) is 12.1 Å². The highest BCUT2D eigenvalue weighted by Crippen LogP contribution is 3.02. The van der Waals surface area contributed by atoms with Gasteiger partial charge in [-0.2, -0.15) is 11.2 Å². The Morgan fingerprint density at radius 1 is 0.739 bits per heavy atom. The zero-order valence-corrected chi connectivity index (χ0v) is 16.9. The molecule has 0 heterocycles. The van der Waals surface area contributed by atoms with Crippen molar-refractivity contribution in [3.05, 3.63) is 24.3 Å². The molecule has 1 aromatic carbocycles. The van der Waals surface area contributed by atoms with Gasteiger partial charge in [-0.25, -0.2) is 0 Å². The maximum absolute atomic E-state index is 12.8.